The molecule has 0 aliphatic rings. The zero-order chi connectivity index (χ0) is 10.6. The second-order valence-electron chi connectivity index (χ2n) is 3.37. The fourth-order valence-electron chi connectivity index (χ4n) is 1.55. The molecule has 0 unspecified atom stereocenters. The van der Waals surface area contributed by atoms with E-state index in [1.54, 1.807) is 0 Å². The van der Waals surface area contributed by atoms with E-state index in [2.05, 4.69) is 52.7 Å². The molecule has 3 heteroatoms. The molecule has 1 aromatic heterocycles. The van der Waals surface area contributed by atoms with Crippen molar-refractivity contribution in [1.82, 2.24) is 4.98 Å². The number of halogens is 1. The highest BCUT2D eigenvalue weighted by molar-refractivity contribution is 9.10. The molecular weight excluding hydrogens is 240 g/mol. The summed E-state index contributed by atoms with van der Waals surface area (Å²) in [6.07, 6.45) is 3.02. The molecule has 0 aromatic carbocycles. The van der Waals surface area contributed by atoms with Gasteiger partial charge in [0.15, 0.2) is 0 Å². The van der Waals surface area contributed by atoms with Crippen molar-refractivity contribution in [2.45, 2.75) is 27.2 Å². The first-order chi connectivity index (χ1) is 6.69. The molecule has 14 heavy (non-hydrogen) atoms. The molecule has 0 aliphatic carbocycles. The summed E-state index contributed by atoms with van der Waals surface area (Å²) in [5.74, 6) is 1.11. The van der Waals surface area contributed by atoms with Gasteiger partial charge in [-0.15, -0.1) is 0 Å². The first kappa shape index (κ1) is 11.5. The lowest BCUT2D eigenvalue weighted by atomic mass is 10.2. The van der Waals surface area contributed by atoms with E-state index in [-0.39, 0.29) is 0 Å². The summed E-state index contributed by atoms with van der Waals surface area (Å²) in [6, 6.07) is 2.11. The third-order valence-electron chi connectivity index (χ3n) is 2.19. The molecule has 0 spiro atoms. The van der Waals surface area contributed by atoms with Crippen LogP contribution in [-0.2, 0) is 0 Å². The minimum absolute atomic E-state index is 1.02. The molecule has 1 heterocycles. The Morgan fingerprint density at radius 3 is 2.64 bits per heavy atom. The summed E-state index contributed by atoms with van der Waals surface area (Å²) in [5, 5.41) is 0. The maximum Gasteiger partial charge on any atom is 0.131 e. The summed E-state index contributed by atoms with van der Waals surface area (Å²) >= 11 is 3.43. The first-order valence-corrected chi connectivity index (χ1v) is 5.85. The Morgan fingerprint density at radius 1 is 1.43 bits per heavy atom. The summed E-state index contributed by atoms with van der Waals surface area (Å²) < 4.78 is 1.05. The minimum Gasteiger partial charge on any atom is -0.357 e. The van der Waals surface area contributed by atoms with Crippen molar-refractivity contribution in [2.24, 2.45) is 0 Å². The predicted molar refractivity (Wildman–Crippen MR) is 64.9 cm³/mol. The van der Waals surface area contributed by atoms with Crippen LogP contribution in [0.3, 0.4) is 0 Å². The number of aryl methyl sites for hydroxylation is 1. The van der Waals surface area contributed by atoms with Gasteiger partial charge in [-0.2, -0.15) is 0 Å². The van der Waals surface area contributed by atoms with Gasteiger partial charge >= 0.3 is 0 Å². The number of nitrogens with zero attached hydrogens (tertiary/aromatic N) is 2. The predicted octanol–water partition coefficient (Wildman–Crippen LogP) is 3.39. The number of hydrogen-bond donors (Lipinski definition) is 0. The van der Waals surface area contributed by atoms with Gasteiger partial charge in [0.2, 0.25) is 0 Å². The van der Waals surface area contributed by atoms with Crippen LogP contribution in [0.4, 0.5) is 5.82 Å². The van der Waals surface area contributed by atoms with Gasteiger partial charge in [0.1, 0.15) is 5.82 Å². The van der Waals surface area contributed by atoms with Crippen molar-refractivity contribution in [3.63, 3.8) is 0 Å². The molecule has 0 fully saturated rings. The maximum atomic E-state index is 4.45. The van der Waals surface area contributed by atoms with E-state index < -0.39 is 0 Å². The number of hydrogen-bond acceptors (Lipinski definition) is 2. The van der Waals surface area contributed by atoms with Crippen molar-refractivity contribution in [3.8, 4) is 0 Å². The Bertz CT molecular complexity index is 299. The number of pyridine rings is 1. The molecule has 0 radical (unpaired) electrons. The number of anilines is 1. The highest BCUT2D eigenvalue weighted by Crippen LogP contribution is 2.20. The quantitative estimate of drug-likeness (QED) is 0.821. The smallest absolute Gasteiger partial charge is 0.131 e. The third-order valence-corrected chi connectivity index (χ3v) is 2.63. The fraction of sp³-hybridized carbons (Fsp3) is 0.545. The maximum absolute atomic E-state index is 4.45. The molecule has 0 amide bonds. The lowest BCUT2D eigenvalue weighted by molar-refractivity contribution is 0.775. The van der Waals surface area contributed by atoms with Crippen molar-refractivity contribution in [3.05, 3.63) is 22.3 Å². The van der Waals surface area contributed by atoms with Crippen molar-refractivity contribution < 1.29 is 0 Å². The van der Waals surface area contributed by atoms with Crippen LogP contribution in [0.2, 0.25) is 0 Å². The van der Waals surface area contributed by atoms with Crippen LogP contribution in [0.25, 0.3) is 0 Å². The van der Waals surface area contributed by atoms with E-state index in [1.807, 2.05) is 6.20 Å². The highest BCUT2D eigenvalue weighted by atomic mass is 79.9. The van der Waals surface area contributed by atoms with Crippen LogP contribution in [0.1, 0.15) is 25.8 Å². The molecular formula is C11H17BrN2. The second-order valence-corrected chi connectivity index (χ2v) is 4.29. The average molecular weight is 257 g/mol. The largest absolute Gasteiger partial charge is 0.357 e. The van der Waals surface area contributed by atoms with Crippen LogP contribution in [0, 0.1) is 6.92 Å². The Balaban J connectivity index is 2.92. The van der Waals surface area contributed by atoms with Crippen LogP contribution in [-0.4, -0.2) is 18.1 Å². The molecule has 0 saturated heterocycles. The molecule has 0 atom stereocenters. The van der Waals surface area contributed by atoms with E-state index >= 15 is 0 Å². The number of aromatic nitrogens is 1. The first-order valence-electron chi connectivity index (χ1n) is 5.06. The Morgan fingerprint density at radius 2 is 2.14 bits per heavy atom. The van der Waals surface area contributed by atoms with Gasteiger partial charge in [-0.05, 0) is 47.8 Å². The van der Waals surface area contributed by atoms with E-state index in [1.165, 1.54) is 5.56 Å². The van der Waals surface area contributed by atoms with Crippen LogP contribution in [0.5, 0.6) is 0 Å². The minimum atomic E-state index is 1.02. The molecule has 1 aromatic rings. The standard InChI is InChI=1S/C11H17BrN2/c1-4-6-14(5-2)11-9(3)7-10(12)8-13-11/h7-8H,4-6H2,1-3H3. The van der Waals surface area contributed by atoms with E-state index in [0.29, 0.717) is 0 Å². The topological polar surface area (TPSA) is 16.1 Å². The zero-order valence-corrected chi connectivity index (χ0v) is 10.6. The van der Waals surface area contributed by atoms with Crippen molar-refractivity contribution >= 4 is 21.7 Å². The molecule has 0 aliphatic heterocycles. The average Bonchev–Trinajstić information content (AvgIpc) is 2.15. The van der Waals surface area contributed by atoms with Gasteiger partial charge in [0.25, 0.3) is 0 Å². The second kappa shape index (κ2) is 5.35. The Labute approximate surface area is 94.5 Å². The van der Waals surface area contributed by atoms with Crippen molar-refractivity contribution in [1.29, 1.82) is 0 Å². The molecule has 0 saturated carbocycles. The molecule has 78 valence electrons. The summed E-state index contributed by atoms with van der Waals surface area (Å²) in [6.45, 7) is 8.55. The van der Waals surface area contributed by atoms with E-state index in [4.69, 9.17) is 0 Å². The monoisotopic (exact) mass is 256 g/mol. The van der Waals surface area contributed by atoms with Crippen molar-refractivity contribution in [2.75, 3.05) is 18.0 Å². The molecule has 0 N–H and O–H groups in total. The highest BCUT2D eigenvalue weighted by Gasteiger charge is 2.07. The summed E-state index contributed by atoms with van der Waals surface area (Å²) in [5.41, 5.74) is 1.23. The van der Waals surface area contributed by atoms with Crippen LogP contribution in [0.15, 0.2) is 16.7 Å². The Hall–Kier alpha value is -0.570. The lowest BCUT2D eigenvalue weighted by Crippen LogP contribution is -2.25. The van der Waals surface area contributed by atoms with Gasteiger partial charge in [0, 0.05) is 23.8 Å². The van der Waals surface area contributed by atoms with E-state index in [0.717, 1.165) is 29.8 Å². The summed E-state index contributed by atoms with van der Waals surface area (Å²) in [4.78, 5) is 6.75. The van der Waals surface area contributed by atoms with E-state index in [9.17, 15) is 0 Å². The SMILES string of the molecule is CCCN(CC)c1ncc(Br)cc1C. The normalized spacial score (nSPS) is 10.3. The third kappa shape index (κ3) is 2.71. The van der Waals surface area contributed by atoms with Crippen LogP contribution < -0.4 is 4.90 Å². The molecule has 2 nitrogen and oxygen atoms in total. The van der Waals surface area contributed by atoms with Gasteiger partial charge in [-0.1, -0.05) is 6.92 Å². The van der Waals surface area contributed by atoms with Gasteiger partial charge < -0.3 is 4.90 Å². The summed E-state index contributed by atoms with van der Waals surface area (Å²) in [7, 11) is 0. The number of rotatable bonds is 4. The van der Waals surface area contributed by atoms with Gasteiger partial charge in [0.05, 0.1) is 0 Å². The Kier molecular flexibility index (Phi) is 4.39. The van der Waals surface area contributed by atoms with Crippen LogP contribution >= 0.6 is 15.9 Å². The fourth-order valence-corrected chi connectivity index (χ4v) is 1.99. The molecule has 1 rings (SSSR count). The molecule has 0 bridgehead atoms. The lowest BCUT2D eigenvalue weighted by Gasteiger charge is -2.22. The van der Waals surface area contributed by atoms with Gasteiger partial charge in [-0.25, -0.2) is 4.98 Å². The zero-order valence-electron chi connectivity index (χ0n) is 9.05. The van der Waals surface area contributed by atoms with Gasteiger partial charge in [-0.3, -0.25) is 0 Å².